The number of nitrogens with zero attached hydrogens (tertiary/aromatic N) is 2. The number of carbonyl (C=O) groups is 2. The number of amides is 2. The molecule has 1 aliphatic carbocycles. The fourth-order valence-electron chi connectivity index (χ4n) is 6.22. The summed E-state index contributed by atoms with van der Waals surface area (Å²) in [5, 5.41) is 3.23. The van der Waals surface area contributed by atoms with Gasteiger partial charge in [-0.3, -0.25) is 14.5 Å². The minimum Gasteiger partial charge on any atom is -0.352 e. The molecule has 1 unspecified atom stereocenters. The Balaban J connectivity index is 1.17. The van der Waals surface area contributed by atoms with E-state index in [0.29, 0.717) is 0 Å². The number of benzene rings is 2. The van der Waals surface area contributed by atoms with Crippen molar-refractivity contribution in [1.82, 2.24) is 15.1 Å². The topological polar surface area (TPSA) is 52.7 Å². The number of piperidine rings is 1. The van der Waals surface area contributed by atoms with Gasteiger partial charge in [0.1, 0.15) is 6.54 Å². The maximum atomic E-state index is 13.3. The van der Waals surface area contributed by atoms with Gasteiger partial charge in [0.05, 0.1) is 11.5 Å². The molecule has 3 fully saturated rings. The second-order valence-electron chi connectivity index (χ2n) is 10.1. The third-order valence-electron chi connectivity index (χ3n) is 7.90. The van der Waals surface area contributed by atoms with Gasteiger partial charge in [-0.15, -0.1) is 0 Å². The lowest BCUT2D eigenvalue weighted by molar-refractivity contribution is -0.180. The Morgan fingerprint density at radius 1 is 0.909 bits per heavy atom. The molecule has 3 aliphatic rings. The first-order valence-electron chi connectivity index (χ1n) is 12.6. The lowest BCUT2D eigenvalue weighted by Crippen LogP contribution is -2.65. The minimum atomic E-state index is -0.289. The van der Waals surface area contributed by atoms with E-state index in [1.165, 1.54) is 17.5 Å². The zero-order valence-corrected chi connectivity index (χ0v) is 19.4. The van der Waals surface area contributed by atoms with E-state index in [1.54, 1.807) is 0 Å². The Kier molecular flexibility index (Phi) is 6.50. The van der Waals surface area contributed by atoms with Crippen LogP contribution in [-0.4, -0.2) is 47.3 Å². The van der Waals surface area contributed by atoms with Crippen molar-refractivity contribution in [2.45, 2.75) is 63.6 Å². The summed E-state index contributed by atoms with van der Waals surface area (Å²) in [6, 6.07) is 21.1. The van der Waals surface area contributed by atoms with Gasteiger partial charge in [-0.1, -0.05) is 79.9 Å². The fraction of sp³-hybridized carbons (Fsp3) is 0.500. The van der Waals surface area contributed by atoms with Crippen molar-refractivity contribution in [2.24, 2.45) is 5.41 Å². The Hall–Kier alpha value is -2.66. The molecule has 2 aromatic rings. The molecule has 174 valence electrons. The summed E-state index contributed by atoms with van der Waals surface area (Å²) in [6.45, 7) is 3.10. The Labute approximate surface area is 197 Å². The number of carbonyl (C=O) groups excluding carboxylic acids is 2. The number of hydrogen-bond donors (Lipinski definition) is 1. The molecule has 2 amide bonds. The van der Waals surface area contributed by atoms with Crippen molar-refractivity contribution in [3.8, 4) is 0 Å². The highest BCUT2D eigenvalue weighted by Crippen LogP contribution is 2.57. The summed E-state index contributed by atoms with van der Waals surface area (Å²) in [5.74, 6) is 0.167. The third kappa shape index (κ3) is 4.56. The lowest BCUT2D eigenvalue weighted by Gasteiger charge is -2.58. The highest BCUT2D eigenvalue weighted by atomic mass is 16.2. The molecule has 2 saturated heterocycles. The van der Waals surface area contributed by atoms with Crippen LogP contribution in [0.15, 0.2) is 60.7 Å². The molecular weight excluding hydrogens is 410 g/mol. The number of rotatable bonds is 6. The molecule has 5 heteroatoms. The van der Waals surface area contributed by atoms with Crippen LogP contribution in [0.5, 0.6) is 0 Å². The van der Waals surface area contributed by atoms with Gasteiger partial charge >= 0.3 is 0 Å². The highest BCUT2D eigenvalue weighted by Gasteiger charge is 2.60. The predicted molar refractivity (Wildman–Crippen MR) is 129 cm³/mol. The molecule has 1 saturated carbocycles. The van der Waals surface area contributed by atoms with E-state index in [0.717, 1.165) is 58.2 Å². The van der Waals surface area contributed by atoms with Crippen LogP contribution in [0.3, 0.4) is 0 Å². The van der Waals surface area contributed by atoms with Crippen LogP contribution >= 0.6 is 0 Å². The van der Waals surface area contributed by atoms with E-state index in [-0.39, 0.29) is 35.9 Å². The third-order valence-corrected chi connectivity index (χ3v) is 7.90. The largest absolute Gasteiger partial charge is 0.352 e. The smallest absolute Gasteiger partial charge is 0.239 e. The van der Waals surface area contributed by atoms with Crippen molar-refractivity contribution in [1.29, 1.82) is 0 Å². The number of hydrogen-bond acceptors (Lipinski definition) is 3. The van der Waals surface area contributed by atoms with Gasteiger partial charge in [-0.25, -0.2) is 0 Å². The van der Waals surface area contributed by atoms with Gasteiger partial charge < -0.3 is 10.2 Å². The van der Waals surface area contributed by atoms with E-state index in [1.807, 2.05) is 29.2 Å². The standard InChI is InChI=1S/C28H35N3O2/c32-25(29-24-14-18-30(19-15-24)20-22-10-4-1-5-11-22)21-31-26(23-12-6-2-7-13-23)28(27(31)33)16-8-3-9-17-28/h1-2,4-7,10-13,24,26H,3,8-9,14-21H2,(H,29,32). The summed E-state index contributed by atoms with van der Waals surface area (Å²) in [6.07, 6.45) is 7.23. The summed E-state index contributed by atoms with van der Waals surface area (Å²) in [4.78, 5) is 30.6. The maximum absolute atomic E-state index is 13.3. The number of β-lactam (4-membered cyclic amide) rings is 1. The zero-order valence-electron chi connectivity index (χ0n) is 19.4. The van der Waals surface area contributed by atoms with Crippen LogP contribution < -0.4 is 5.32 Å². The summed E-state index contributed by atoms with van der Waals surface area (Å²) < 4.78 is 0. The molecule has 1 atom stereocenters. The fourth-order valence-corrected chi connectivity index (χ4v) is 6.22. The van der Waals surface area contributed by atoms with Gasteiger partial charge in [0.25, 0.3) is 0 Å². The molecule has 5 nitrogen and oxygen atoms in total. The van der Waals surface area contributed by atoms with Crippen LogP contribution in [-0.2, 0) is 16.1 Å². The van der Waals surface area contributed by atoms with Crippen molar-refractivity contribution < 1.29 is 9.59 Å². The van der Waals surface area contributed by atoms with Gasteiger partial charge in [0.2, 0.25) is 11.8 Å². The lowest BCUT2D eigenvalue weighted by atomic mass is 9.60. The molecular formula is C28H35N3O2. The summed E-state index contributed by atoms with van der Waals surface area (Å²) in [5.41, 5.74) is 2.21. The molecule has 0 bridgehead atoms. The highest BCUT2D eigenvalue weighted by molar-refractivity contribution is 5.94. The summed E-state index contributed by atoms with van der Waals surface area (Å²) >= 11 is 0. The quantitative estimate of drug-likeness (QED) is 0.675. The molecule has 2 aromatic carbocycles. The van der Waals surface area contributed by atoms with Crippen LogP contribution in [0.4, 0.5) is 0 Å². The van der Waals surface area contributed by atoms with Crippen LogP contribution in [0.1, 0.15) is 62.1 Å². The van der Waals surface area contributed by atoms with Gasteiger partial charge in [-0.2, -0.15) is 0 Å². The van der Waals surface area contributed by atoms with E-state index in [4.69, 9.17) is 0 Å². The first-order chi connectivity index (χ1) is 16.2. The molecule has 33 heavy (non-hydrogen) atoms. The second-order valence-corrected chi connectivity index (χ2v) is 10.1. The zero-order chi connectivity index (χ0) is 22.7. The molecule has 2 aliphatic heterocycles. The Bertz CT molecular complexity index is 948. The minimum absolute atomic E-state index is 0.0172. The van der Waals surface area contributed by atoms with Crippen molar-refractivity contribution in [2.75, 3.05) is 19.6 Å². The van der Waals surface area contributed by atoms with Crippen LogP contribution in [0.2, 0.25) is 0 Å². The molecule has 2 heterocycles. The average molecular weight is 446 g/mol. The van der Waals surface area contributed by atoms with Gasteiger partial charge in [0, 0.05) is 25.7 Å². The first kappa shape index (κ1) is 22.1. The van der Waals surface area contributed by atoms with E-state index in [2.05, 4.69) is 46.6 Å². The van der Waals surface area contributed by atoms with Crippen molar-refractivity contribution >= 4 is 11.8 Å². The van der Waals surface area contributed by atoms with E-state index >= 15 is 0 Å². The normalized spacial score (nSPS) is 23.3. The molecule has 1 spiro atoms. The number of likely N-dealkylation sites (tertiary alicyclic amines) is 2. The predicted octanol–water partition coefficient (Wildman–Crippen LogP) is 4.30. The maximum Gasteiger partial charge on any atom is 0.239 e. The van der Waals surface area contributed by atoms with Gasteiger partial charge in [-0.05, 0) is 36.8 Å². The van der Waals surface area contributed by atoms with Crippen molar-refractivity contribution in [3.63, 3.8) is 0 Å². The first-order valence-corrected chi connectivity index (χ1v) is 12.6. The second kappa shape index (κ2) is 9.68. The molecule has 5 rings (SSSR count). The molecule has 0 radical (unpaired) electrons. The van der Waals surface area contributed by atoms with Gasteiger partial charge in [0.15, 0.2) is 0 Å². The van der Waals surface area contributed by atoms with E-state index in [9.17, 15) is 9.59 Å². The van der Waals surface area contributed by atoms with Crippen LogP contribution in [0.25, 0.3) is 0 Å². The number of nitrogens with one attached hydrogen (secondary N) is 1. The SMILES string of the molecule is O=C(CN1C(=O)C2(CCCCC2)C1c1ccccc1)NC1CCN(Cc2ccccc2)CC1. The molecule has 0 aromatic heterocycles. The van der Waals surface area contributed by atoms with E-state index < -0.39 is 0 Å². The van der Waals surface area contributed by atoms with Crippen LogP contribution in [0, 0.1) is 5.41 Å². The summed E-state index contributed by atoms with van der Waals surface area (Å²) in [7, 11) is 0. The Morgan fingerprint density at radius 3 is 2.21 bits per heavy atom. The monoisotopic (exact) mass is 445 g/mol. The van der Waals surface area contributed by atoms with Crippen molar-refractivity contribution in [3.05, 3.63) is 71.8 Å². The Morgan fingerprint density at radius 2 is 1.55 bits per heavy atom. The average Bonchev–Trinajstić information content (AvgIpc) is 2.86. The molecule has 1 N–H and O–H groups in total.